The number of ether oxygens (including phenoxy) is 1. The summed E-state index contributed by atoms with van der Waals surface area (Å²) in [5.41, 5.74) is -1.21. The first-order chi connectivity index (χ1) is 9.60. The summed E-state index contributed by atoms with van der Waals surface area (Å²) >= 11 is 0. The summed E-state index contributed by atoms with van der Waals surface area (Å²) in [6, 6.07) is -0.521. The molecule has 0 saturated carbocycles. The van der Waals surface area contributed by atoms with E-state index in [1.54, 1.807) is 0 Å². The smallest absolute Gasteiger partial charge is 0.324 e. The molecule has 7 heteroatoms. The zero-order valence-electron chi connectivity index (χ0n) is 13.4. The fourth-order valence-electron chi connectivity index (χ4n) is 1.64. The Bertz CT molecular complexity index is 380. The van der Waals surface area contributed by atoms with Crippen molar-refractivity contribution in [3.8, 4) is 0 Å². The van der Waals surface area contributed by atoms with Gasteiger partial charge in [0, 0.05) is 26.6 Å². The van der Waals surface area contributed by atoms with Crippen molar-refractivity contribution < 1.29 is 24.2 Å². The molecule has 0 aromatic carbocycles. The maximum absolute atomic E-state index is 12.0. The fourth-order valence-corrected chi connectivity index (χ4v) is 1.64. The van der Waals surface area contributed by atoms with Crippen molar-refractivity contribution >= 4 is 17.9 Å². The predicted octanol–water partition coefficient (Wildman–Crippen LogP) is 1.33. The number of methoxy groups -OCH3 is 1. The van der Waals surface area contributed by atoms with Crippen molar-refractivity contribution in [3.05, 3.63) is 0 Å². The monoisotopic (exact) mass is 302 g/mol. The van der Waals surface area contributed by atoms with Crippen molar-refractivity contribution in [2.75, 3.05) is 26.8 Å². The van der Waals surface area contributed by atoms with Gasteiger partial charge in [-0.25, -0.2) is 4.79 Å². The van der Waals surface area contributed by atoms with Crippen LogP contribution in [-0.4, -0.2) is 54.7 Å². The lowest BCUT2D eigenvalue weighted by molar-refractivity contribution is -0.149. The van der Waals surface area contributed by atoms with E-state index in [4.69, 9.17) is 9.84 Å². The molecule has 0 radical (unpaired) electrons. The first kappa shape index (κ1) is 19.4. The number of imide groups is 1. The number of hydrogen-bond donors (Lipinski definition) is 2. The third-order valence-electron chi connectivity index (χ3n) is 2.87. The summed E-state index contributed by atoms with van der Waals surface area (Å²) in [4.78, 5) is 36.3. The van der Waals surface area contributed by atoms with Crippen molar-refractivity contribution in [1.82, 2.24) is 10.2 Å². The lowest BCUT2D eigenvalue weighted by Crippen LogP contribution is -2.47. The van der Waals surface area contributed by atoms with Gasteiger partial charge >= 0.3 is 12.0 Å². The van der Waals surface area contributed by atoms with Crippen LogP contribution < -0.4 is 5.32 Å². The van der Waals surface area contributed by atoms with E-state index in [1.165, 1.54) is 25.9 Å². The Morgan fingerprint density at radius 3 is 2.29 bits per heavy atom. The molecule has 122 valence electrons. The van der Waals surface area contributed by atoms with E-state index < -0.39 is 23.3 Å². The van der Waals surface area contributed by atoms with Gasteiger partial charge in [0.25, 0.3) is 0 Å². The van der Waals surface area contributed by atoms with Crippen molar-refractivity contribution in [2.45, 2.75) is 34.1 Å². The summed E-state index contributed by atoms with van der Waals surface area (Å²) < 4.78 is 4.94. The number of nitrogens with one attached hydrogen (secondary N) is 1. The Hall–Kier alpha value is -1.63. The molecule has 0 aromatic rings. The van der Waals surface area contributed by atoms with Crippen LogP contribution in [0.1, 0.15) is 34.1 Å². The van der Waals surface area contributed by atoms with Crippen molar-refractivity contribution in [2.24, 2.45) is 11.3 Å². The Morgan fingerprint density at radius 2 is 1.86 bits per heavy atom. The first-order valence-corrected chi connectivity index (χ1v) is 6.91. The molecule has 0 aliphatic heterocycles. The molecular weight excluding hydrogens is 276 g/mol. The molecule has 0 rings (SSSR count). The second kappa shape index (κ2) is 8.61. The lowest BCUT2D eigenvalue weighted by atomic mass is 9.89. The number of amides is 3. The van der Waals surface area contributed by atoms with Crippen LogP contribution in [-0.2, 0) is 14.3 Å². The highest BCUT2D eigenvalue weighted by Gasteiger charge is 2.31. The molecule has 0 aromatic heterocycles. The van der Waals surface area contributed by atoms with Gasteiger partial charge in [0.15, 0.2) is 0 Å². The zero-order valence-corrected chi connectivity index (χ0v) is 13.4. The minimum absolute atomic E-state index is 0.248. The van der Waals surface area contributed by atoms with Gasteiger partial charge in [-0.3, -0.25) is 14.9 Å². The highest BCUT2D eigenvalue weighted by molar-refractivity contribution is 5.96. The Balaban J connectivity index is 4.59. The second-order valence-electron chi connectivity index (χ2n) is 6.05. The number of carbonyl (C=O) groups is 3. The third kappa shape index (κ3) is 7.65. The predicted molar refractivity (Wildman–Crippen MR) is 77.9 cm³/mol. The molecule has 7 nitrogen and oxygen atoms in total. The van der Waals surface area contributed by atoms with Crippen LogP contribution in [0.3, 0.4) is 0 Å². The van der Waals surface area contributed by atoms with E-state index in [0.717, 1.165) is 0 Å². The minimum Gasteiger partial charge on any atom is -0.481 e. The quantitative estimate of drug-likeness (QED) is 0.705. The summed E-state index contributed by atoms with van der Waals surface area (Å²) in [5, 5.41) is 11.2. The van der Waals surface area contributed by atoms with Gasteiger partial charge in [0.05, 0.1) is 12.0 Å². The number of rotatable bonds is 8. The van der Waals surface area contributed by atoms with Crippen LogP contribution in [0, 0.1) is 11.3 Å². The summed E-state index contributed by atoms with van der Waals surface area (Å²) in [5.74, 6) is -1.43. The fraction of sp³-hybridized carbons (Fsp3) is 0.786. The molecule has 0 fully saturated rings. The zero-order chi connectivity index (χ0) is 16.6. The minimum atomic E-state index is -1.21. The van der Waals surface area contributed by atoms with E-state index in [-0.39, 0.29) is 12.3 Å². The molecule has 0 atom stereocenters. The Labute approximate surface area is 125 Å². The summed E-state index contributed by atoms with van der Waals surface area (Å²) in [6.07, 6.45) is -0.256. The Morgan fingerprint density at radius 1 is 1.29 bits per heavy atom. The number of nitrogens with zero attached hydrogens (tertiary/aromatic N) is 1. The topological polar surface area (TPSA) is 95.9 Å². The van der Waals surface area contributed by atoms with Crippen molar-refractivity contribution in [3.63, 3.8) is 0 Å². The third-order valence-corrected chi connectivity index (χ3v) is 2.87. The van der Waals surface area contributed by atoms with E-state index in [2.05, 4.69) is 5.32 Å². The lowest BCUT2D eigenvalue weighted by Gasteiger charge is -2.25. The molecule has 0 aliphatic rings. The molecule has 0 unspecified atom stereocenters. The van der Waals surface area contributed by atoms with E-state index >= 15 is 0 Å². The van der Waals surface area contributed by atoms with Crippen LogP contribution in [0.5, 0.6) is 0 Å². The highest BCUT2D eigenvalue weighted by atomic mass is 16.5. The van der Waals surface area contributed by atoms with Gasteiger partial charge in [0.1, 0.15) is 0 Å². The number of aliphatic carboxylic acids is 1. The number of carboxylic acids is 1. The van der Waals surface area contributed by atoms with Crippen molar-refractivity contribution in [1.29, 1.82) is 0 Å². The standard InChI is InChI=1S/C14H26N2O5/c1-10(2)9-16(6-7-21-5)13(20)15-11(17)8-14(3,4)12(18)19/h10H,6-9H2,1-5H3,(H,18,19)(H,15,17,20). The summed E-state index contributed by atoms with van der Waals surface area (Å²) in [7, 11) is 1.53. The van der Waals surface area contributed by atoms with Crippen LogP contribution >= 0.6 is 0 Å². The maximum Gasteiger partial charge on any atom is 0.324 e. The maximum atomic E-state index is 12.0. The normalized spacial score (nSPS) is 11.3. The van der Waals surface area contributed by atoms with Gasteiger partial charge in [-0.1, -0.05) is 13.8 Å². The molecule has 3 amide bonds. The molecule has 2 N–H and O–H groups in total. The highest BCUT2D eigenvalue weighted by Crippen LogP contribution is 2.20. The van der Waals surface area contributed by atoms with Gasteiger partial charge in [-0.2, -0.15) is 0 Å². The number of urea groups is 1. The van der Waals surface area contributed by atoms with Gasteiger partial charge in [0.2, 0.25) is 5.91 Å². The van der Waals surface area contributed by atoms with Crippen LogP contribution in [0.25, 0.3) is 0 Å². The van der Waals surface area contributed by atoms with Crippen LogP contribution in [0.15, 0.2) is 0 Å². The number of hydrogen-bond acceptors (Lipinski definition) is 4. The molecule has 0 saturated heterocycles. The number of carboxylic acid groups (broad SMARTS) is 1. The molecule has 0 bridgehead atoms. The molecule has 0 spiro atoms. The van der Waals surface area contributed by atoms with Crippen LogP contribution in [0.2, 0.25) is 0 Å². The molecule has 21 heavy (non-hydrogen) atoms. The average Bonchev–Trinajstić information content (AvgIpc) is 2.32. The average molecular weight is 302 g/mol. The molecule has 0 heterocycles. The largest absolute Gasteiger partial charge is 0.481 e. The van der Waals surface area contributed by atoms with Crippen LogP contribution in [0.4, 0.5) is 4.79 Å². The molecular formula is C14H26N2O5. The van der Waals surface area contributed by atoms with E-state index in [0.29, 0.717) is 19.7 Å². The number of carbonyl (C=O) groups excluding carboxylic acids is 2. The first-order valence-electron chi connectivity index (χ1n) is 6.91. The second-order valence-corrected chi connectivity index (χ2v) is 6.05. The molecule has 0 aliphatic carbocycles. The van der Waals surface area contributed by atoms with Gasteiger partial charge in [-0.05, 0) is 19.8 Å². The SMILES string of the molecule is COCCN(CC(C)C)C(=O)NC(=O)CC(C)(C)C(=O)O. The Kier molecular flexibility index (Phi) is 7.94. The van der Waals surface area contributed by atoms with Gasteiger partial charge < -0.3 is 14.7 Å². The summed E-state index contributed by atoms with van der Waals surface area (Å²) in [6.45, 7) is 8.03. The van der Waals surface area contributed by atoms with E-state index in [9.17, 15) is 14.4 Å². The van der Waals surface area contributed by atoms with Gasteiger partial charge in [-0.15, -0.1) is 0 Å². The van der Waals surface area contributed by atoms with E-state index in [1.807, 2.05) is 13.8 Å².